The van der Waals surface area contributed by atoms with E-state index in [9.17, 15) is 18.0 Å². The maximum absolute atomic E-state index is 13.4. The Kier molecular flexibility index (Phi) is 6.28. The predicted molar refractivity (Wildman–Crippen MR) is 131 cm³/mol. The molecule has 2 unspecified atom stereocenters. The van der Waals surface area contributed by atoms with Crippen LogP contribution in [0.5, 0.6) is 0 Å². The van der Waals surface area contributed by atoms with Crippen molar-refractivity contribution in [1.29, 1.82) is 0 Å². The van der Waals surface area contributed by atoms with Crippen LogP contribution in [0.3, 0.4) is 0 Å². The van der Waals surface area contributed by atoms with E-state index in [0.717, 1.165) is 37.8 Å². The lowest BCUT2D eigenvalue weighted by Crippen LogP contribution is -2.50. The van der Waals surface area contributed by atoms with Gasteiger partial charge in [0.15, 0.2) is 5.82 Å². The summed E-state index contributed by atoms with van der Waals surface area (Å²) in [5, 5.41) is 4.21. The van der Waals surface area contributed by atoms with Crippen LogP contribution in [0.1, 0.15) is 69.3 Å². The molecule has 2 aromatic carbocycles. The Bertz CT molecular complexity index is 1250. The lowest BCUT2D eigenvalue weighted by Gasteiger charge is -2.43. The van der Waals surface area contributed by atoms with Crippen LogP contribution in [-0.2, 0) is 16.3 Å². The van der Waals surface area contributed by atoms with Crippen molar-refractivity contribution < 1.29 is 27.2 Å². The van der Waals surface area contributed by atoms with Crippen LogP contribution < -0.4 is 0 Å². The van der Waals surface area contributed by atoms with Gasteiger partial charge in [-0.3, -0.25) is 0 Å². The van der Waals surface area contributed by atoms with Crippen molar-refractivity contribution in [2.75, 3.05) is 6.54 Å². The Hall–Kier alpha value is -3.36. The molecule has 2 saturated carbocycles. The summed E-state index contributed by atoms with van der Waals surface area (Å²) in [6.45, 7) is 5.93. The number of ether oxygens (including phenoxy) is 1. The van der Waals surface area contributed by atoms with E-state index < -0.39 is 22.8 Å². The maximum atomic E-state index is 13.4. The van der Waals surface area contributed by atoms with Gasteiger partial charge in [-0.15, -0.1) is 0 Å². The Labute approximate surface area is 213 Å². The first-order chi connectivity index (χ1) is 17.5. The molecule has 196 valence electrons. The van der Waals surface area contributed by atoms with Gasteiger partial charge >= 0.3 is 12.3 Å². The number of hydrogen-bond donors (Lipinski definition) is 0. The minimum Gasteiger partial charge on any atom is -0.444 e. The number of benzene rings is 2. The van der Waals surface area contributed by atoms with Crippen LogP contribution in [-0.4, -0.2) is 39.3 Å². The Morgan fingerprint density at radius 1 is 1.08 bits per heavy atom. The number of amides is 1. The molecule has 1 heterocycles. The molecule has 1 amide bonds. The van der Waals surface area contributed by atoms with Gasteiger partial charge in [-0.1, -0.05) is 41.9 Å². The van der Waals surface area contributed by atoms with Crippen LogP contribution in [0.4, 0.5) is 18.0 Å². The number of hydrogen-bond acceptors (Lipinski definition) is 5. The topological polar surface area (TPSA) is 68.5 Å². The zero-order chi connectivity index (χ0) is 26.4. The zero-order valence-corrected chi connectivity index (χ0v) is 21.1. The molecule has 6 nitrogen and oxygen atoms in total. The molecule has 0 aliphatic heterocycles. The van der Waals surface area contributed by atoms with Gasteiger partial charge in [-0.05, 0) is 69.9 Å². The van der Waals surface area contributed by atoms with Crippen LogP contribution in [0, 0.1) is 0 Å². The van der Waals surface area contributed by atoms with Crippen molar-refractivity contribution in [3.05, 3.63) is 71.5 Å². The summed E-state index contributed by atoms with van der Waals surface area (Å²) in [4.78, 5) is 19.7. The molecular formula is C28H30F3N3O3. The molecule has 9 heteroatoms. The molecule has 37 heavy (non-hydrogen) atoms. The average Bonchev–Trinajstić information content (AvgIpc) is 3.44. The third-order valence-electron chi connectivity index (χ3n) is 7.16. The number of carbonyl (C=O) groups excluding carboxylic acids is 1. The summed E-state index contributed by atoms with van der Waals surface area (Å²) in [6, 6.07) is 14.8. The smallest absolute Gasteiger partial charge is 0.416 e. The molecule has 3 aromatic rings. The fourth-order valence-corrected chi connectivity index (χ4v) is 4.96. The lowest BCUT2D eigenvalue weighted by atomic mass is 9.67. The first kappa shape index (κ1) is 25.3. The normalized spacial score (nSPS) is 20.7. The molecule has 5 rings (SSSR count). The van der Waals surface area contributed by atoms with Crippen LogP contribution in [0.25, 0.3) is 11.5 Å². The van der Waals surface area contributed by atoms with Gasteiger partial charge < -0.3 is 14.2 Å². The summed E-state index contributed by atoms with van der Waals surface area (Å²) in [5.41, 5.74) is -0.267. The second-order valence-corrected chi connectivity index (χ2v) is 11.1. The van der Waals surface area contributed by atoms with Crippen molar-refractivity contribution in [2.24, 2.45) is 0 Å². The van der Waals surface area contributed by atoms with Crippen LogP contribution >= 0.6 is 0 Å². The van der Waals surface area contributed by atoms with Crippen molar-refractivity contribution in [3.8, 4) is 11.5 Å². The minimum atomic E-state index is -4.42. The number of nitrogens with zero attached hydrogens (tertiary/aromatic N) is 3. The number of rotatable bonds is 6. The molecule has 2 fully saturated rings. The fourth-order valence-electron chi connectivity index (χ4n) is 4.96. The van der Waals surface area contributed by atoms with Gasteiger partial charge in [0.2, 0.25) is 0 Å². The van der Waals surface area contributed by atoms with E-state index >= 15 is 0 Å². The predicted octanol–water partition coefficient (Wildman–Crippen LogP) is 6.97. The van der Waals surface area contributed by atoms with E-state index in [4.69, 9.17) is 9.26 Å². The highest BCUT2D eigenvalue weighted by Gasteiger charge is 2.52. The van der Waals surface area contributed by atoms with Crippen LogP contribution in [0.2, 0.25) is 0 Å². The number of alkyl halides is 3. The summed E-state index contributed by atoms with van der Waals surface area (Å²) in [7, 11) is 0. The molecule has 2 aliphatic carbocycles. The van der Waals surface area contributed by atoms with Crippen molar-refractivity contribution in [1.82, 2.24) is 15.0 Å². The number of halogens is 3. The van der Waals surface area contributed by atoms with E-state index in [1.165, 1.54) is 17.7 Å². The van der Waals surface area contributed by atoms with E-state index in [0.29, 0.717) is 17.9 Å². The van der Waals surface area contributed by atoms with Gasteiger partial charge in [-0.25, -0.2) is 4.79 Å². The highest BCUT2D eigenvalue weighted by atomic mass is 19.4. The van der Waals surface area contributed by atoms with Gasteiger partial charge in [0.05, 0.1) is 11.0 Å². The summed E-state index contributed by atoms with van der Waals surface area (Å²) < 4.78 is 50.1. The van der Waals surface area contributed by atoms with E-state index in [1.54, 1.807) is 0 Å². The number of aromatic nitrogens is 2. The first-order valence-electron chi connectivity index (χ1n) is 12.5. The van der Waals surface area contributed by atoms with Crippen molar-refractivity contribution in [2.45, 2.75) is 75.6 Å². The summed E-state index contributed by atoms with van der Waals surface area (Å²) >= 11 is 0. The fraction of sp³-hybridized carbons (Fsp3) is 0.464. The first-order valence-corrected chi connectivity index (χ1v) is 12.5. The quantitative estimate of drug-likeness (QED) is 0.356. The molecule has 0 N–H and O–H groups in total. The monoisotopic (exact) mass is 513 g/mol. The Morgan fingerprint density at radius 3 is 2.32 bits per heavy atom. The largest absolute Gasteiger partial charge is 0.444 e. The van der Waals surface area contributed by atoms with Gasteiger partial charge in [0.1, 0.15) is 5.60 Å². The highest BCUT2D eigenvalue weighted by molar-refractivity contribution is 5.70. The average molecular weight is 514 g/mol. The Balaban J connectivity index is 1.39. The third kappa shape index (κ3) is 5.36. The second-order valence-electron chi connectivity index (χ2n) is 11.1. The Morgan fingerprint density at radius 2 is 1.76 bits per heavy atom. The second kappa shape index (κ2) is 9.19. The van der Waals surface area contributed by atoms with Crippen LogP contribution in [0.15, 0.2) is 59.1 Å². The number of carbonyl (C=O) groups is 1. The summed E-state index contributed by atoms with van der Waals surface area (Å²) in [5.74, 6) is 0.866. The van der Waals surface area contributed by atoms with E-state index in [-0.39, 0.29) is 23.9 Å². The molecule has 1 aromatic heterocycles. The zero-order valence-electron chi connectivity index (χ0n) is 21.1. The molecular weight excluding hydrogens is 483 g/mol. The van der Waals surface area contributed by atoms with E-state index in [1.807, 2.05) is 43.9 Å². The molecule has 2 aliphatic rings. The highest BCUT2D eigenvalue weighted by Crippen LogP contribution is 2.49. The van der Waals surface area contributed by atoms with Gasteiger partial charge in [0.25, 0.3) is 5.89 Å². The van der Waals surface area contributed by atoms with Gasteiger partial charge in [-0.2, -0.15) is 18.2 Å². The SMILES string of the molecule is CC(C)(C)OC(=O)N(CC1(c2noc(-c3ccc(C(F)(F)F)cc3)n2)CCC1)C1CC1c1ccccc1. The molecule has 2 atom stereocenters. The van der Waals surface area contributed by atoms with E-state index in [2.05, 4.69) is 22.3 Å². The molecule has 0 radical (unpaired) electrons. The molecule has 0 spiro atoms. The molecule has 0 saturated heterocycles. The third-order valence-corrected chi connectivity index (χ3v) is 7.16. The maximum Gasteiger partial charge on any atom is 0.416 e. The standard InChI is InChI=1S/C28H30F3N3O3/c1-26(2,3)36-25(35)34(22-16-21(22)18-8-5-4-6-9-18)17-27(14-7-15-27)24-32-23(37-33-24)19-10-12-20(13-11-19)28(29,30)31/h4-6,8-13,21-22H,7,14-17H2,1-3H3. The van der Waals surface area contributed by atoms with Crippen molar-refractivity contribution >= 4 is 6.09 Å². The summed E-state index contributed by atoms with van der Waals surface area (Å²) in [6.07, 6.45) is -1.42. The van der Waals surface area contributed by atoms with Gasteiger partial charge in [0, 0.05) is 24.1 Å². The lowest BCUT2D eigenvalue weighted by molar-refractivity contribution is -0.137. The van der Waals surface area contributed by atoms with Crippen molar-refractivity contribution in [3.63, 3.8) is 0 Å². The minimum absolute atomic E-state index is 0.0102. The molecule has 0 bridgehead atoms.